The molecule has 0 bridgehead atoms. The molecule has 4 nitrogen and oxygen atoms in total. The Hall–Kier alpha value is -2.81. The SMILES string of the molecule is O=C1c2ccccc2C(=O)N1CC1CCC(C(F)Cc2cc(F)c(F)c(F)c2F)O1. The number of hydrogen-bond acceptors (Lipinski definition) is 3. The van der Waals surface area contributed by atoms with Crippen LogP contribution in [0.1, 0.15) is 39.1 Å². The van der Waals surface area contributed by atoms with Crippen molar-refractivity contribution >= 4 is 11.8 Å². The van der Waals surface area contributed by atoms with Gasteiger partial charge in [0.25, 0.3) is 11.8 Å². The molecule has 158 valence electrons. The average molecular weight is 425 g/mol. The highest BCUT2D eigenvalue weighted by Crippen LogP contribution is 2.30. The van der Waals surface area contributed by atoms with Crippen LogP contribution < -0.4 is 0 Å². The van der Waals surface area contributed by atoms with Crippen LogP contribution in [0.2, 0.25) is 0 Å². The molecule has 3 atom stereocenters. The van der Waals surface area contributed by atoms with Crippen LogP contribution in [0.25, 0.3) is 0 Å². The lowest BCUT2D eigenvalue weighted by molar-refractivity contribution is -0.0114. The van der Waals surface area contributed by atoms with Crippen molar-refractivity contribution in [3.63, 3.8) is 0 Å². The highest BCUT2D eigenvalue weighted by atomic mass is 19.2. The summed E-state index contributed by atoms with van der Waals surface area (Å²) in [7, 11) is 0. The molecule has 1 fully saturated rings. The predicted octanol–water partition coefficient (Wildman–Crippen LogP) is 3.97. The first kappa shape index (κ1) is 20.5. The summed E-state index contributed by atoms with van der Waals surface area (Å²) in [4.78, 5) is 25.9. The first-order valence-electron chi connectivity index (χ1n) is 9.34. The Morgan fingerprint density at radius 2 is 1.60 bits per heavy atom. The van der Waals surface area contributed by atoms with Gasteiger partial charge in [-0.25, -0.2) is 22.0 Å². The molecule has 2 aliphatic rings. The van der Waals surface area contributed by atoms with Gasteiger partial charge in [0.1, 0.15) is 6.17 Å². The first-order chi connectivity index (χ1) is 14.3. The predicted molar refractivity (Wildman–Crippen MR) is 94.6 cm³/mol. The molecule has 0 saturated carbocycles. The van der Waals surface area contributed by atoms with Crippen molar-refractivity contribution in [2.75, 3.05) is 6.54 Å². The molecule has 9 heteroatoms. The van der Waals surface area contributed by atoms with Crippen LogP contribution >= 0.6 is 0 Å². The van der Waals surface area contributed by atoms with Crippen LogP contribution in [0.5, 0.6) is 0 Å². The summed E-state index contributed by atoms with van der Waals surface area (Å²) >= 11 is 0. The van der Waals surface area contributed by atoms with E-state index in [9.17, 15) is 31.5 Å². The quantitative estimate of drug-likeness (QED) is 0.315. The summed E-state index contributed by atoms with van der Waals surface area (Å²) in [6, 6.07) is 6.79. The topological polar surface area (TPSA) is 46.6 Å². The Kier molecular flexibility index (Phi) is 5.31. The first-order valence-corrected chi connectivity index (χ1v) is 9.34. The van der Waals surface area contributed by atoms with Gasteiger partial charge in [-0.05, 0) is 36.6 Å². The summed E-state index contributed by atoms with van der Waals surface area (Å²) < 4.78 is 73.7. The monoisotopic (exact) mass is 425 g/mol. The van der Waals surface area contributed by atoms with E-state index in [0.29, 0.717) is 12.5 Å². The largest absolute Gasteiger partial charge is 0.370 e. The van der Waals surface area contributed by atoms with Crippen molar-refractivity contribution in [2.24, 2.45) is 0 Å². The number of carbonyl (C=O) groups excluding carboxylic acids is 2. The summed E-state index contributed by atoms with van der Waals surface area (Å²) in [6.45, 7) is -0.0657. The Labute approximate surface area is 168 Å². The minimum absolute atomic E-state index is 0.0657. The number of amides is 2. The third-order valence-corrected chi connectivity index (χ3v) is 5.40. The van der Waals surface area contributed by atoms with Crippen LogP contribution in [-0.4, -0.2) is 41.6 Å². The molecule has 3 unspecified atom stereocenters. The molecule has 2 amide bonds. The number of rotatable bonds is 5. The fourth-order valence-corrected chi connectivity index (χ4v) is 3.85. The molecule has 2 aromatic carbocycles. The third kappa shape index (κ3) is 3.47. The number of halogens is 5. The zero-order valence-electron chi connectivity index (χ0n) is 15.5. The van der Waals surface area contributed by atoms with Gasteiger partial charge in [-0.2, -0.15) is 0 Å². The zero-order chi connectivity index (χ0) is 21.6. The van der Waals surface area contributed by atoms with E-state index in [2.05, 4.69) is 0 Å². The lowest BCUT2D eigenvalue weighted by Crippen LogP contribution is -2.37. The third-order valence-electron chi connectivity index (χ3n) is 5.40. The number of alkyl halides is 1. The molecule has 2 aliphatic heterocycles. The van der Waals surface area contributed by atoms with Gasteiger partial charge in [0.05, 0.1) is 29.9 Å². The van der Waals surface area contributed by atoms with Crippen LogP contribution in [0.4, 0.5) is 22.0 Å². The fourth-order valence-electron chi connectivity index (χ4n) is 3.85. The van der Waals surface area contributed by atoms with Crippen LogP contribution in [-0.2, 0) is 11.2 Å². The van der Waals surface area contributed by atoms with Gasteiger partial charge >= 0.3 is 0 Å². The van der Waals surface area contributed by atoms with Gasteiger partial charge in [-0.1, -0.05) is 12.1 Å². The molecule has 2 aromatic rings. The number of imide groups is 1. The molecule has 0 spiro atoms. The smallest absolute Gasteiger partial charge is 0.261 e. The molecule has 30 heavy (non-hydrogen) atoms. The number of fused-ring (bicyclic) bond motifs is 1. The van der Waals surface area contributed by atoms with Crippen LogP contribution in [0.3, 0.4) is 0 Å². The van der Waals surface area contributed by atoms with Crippen molar-refractivity contribution in [3.8, 4) is 0 Å². The number of benzene rings is 2. The van der Waals surface area contributed by atoms with E-state index in [1.54, 1.807) is 24.3 Å². The maximum absolute atomic E-state index is 14.6. The molecule has 0 radical (unpaired) electrons. The minimum Gasteiger partial charge on any atom is -0.370 e. The number of hydrogen-bond donors (Lipinski definition) is 0. The van der Waals surface area contributed by atoms with E-state index in [0.717, 1.165) is 4.90 Å². The van der Waals surface area contributed by atoms with Gasteiger partial charge in [0, 0.05) is 6.42 Å². The molecule has 0 N–H and O–H groups in total. The van der Waals surface area contributed by atoms with E-state index < -0.39 is 65.4 Å². The minimum atomic E-state index is -1.99. The zero-order valence-corrected chi connectivity index (χ0v) is 15.5. The van der Waals surface area contributed by atoms with Crippen molar-refractivity contribution in [1.82, 2.24) is 4.90 Å². The Bertz CT molecular complexity index is 993. The molecule has 0 aliphatic carbocycles. The van der Waals surface area contributed by atoms with E-state index in [-0.39, 0.29) is 24.1 Å². The fraction of sp³-hybridized carbons (Fsp3) is 0.333. The van der Waals surface area contributed by atoms with Crippen molar-refractivity contribution < 1.29 is 36.3 Å². The highest BCUT2D eigenvalue weighted by molar-refractivity contribution is 6.21. The molecule has 4 rings (SSSR count). The Morgan fingerprint density at radius 1 is 0.967 bits per heavy atom. The molecule has 0 aromatic heterocycles. The lowest BCUT2D eigenvalue weighted by atomic mass is 10.0. The van der Waals surface area contributed by atoms with Gasteiger partial charge in [-0.3, -0.25) is 14.5 Å². The van der Waals surface area contributed by atoms with E-state index in [4.69, 9.17) is 4.74 Å². The normalized spacial score (nSPS) is 22.0. The van der Waals surface area contributed by atoms with Gasteiger partial charge in [-0.15, -0.1) is 0 Å². The number of ether oxygens (including phenoxy) is 1. The average Bonchev–Trinajstić information content (AvgIpc) is 3.30. The summed E-state index contributed by atoms with van der Waals surface area (Å²) in [6.07, 6.45) is -3.60. The van der Waals surface area contributed by atoms with Crippen molar-refractivity contribution in [3.05, 3.63) is 70.3 Å². The van der Waals surface area contributed by atoms with Crippen molar-refractivity contribution in [1.29, 1.82) is 0 Å². The molecule has 2 heterocycles. The Balaban J connectivity index is 1.40. The maximum Gasteiger partial charge on any atom is 0.261 e. The van der Waals surface area contributed by atoms with Gasteiger partial charge in [0.15, 0.2) is 23.3 Å². The van der Waals surface area contributed by atoms with E-state index in [1.807, 2.05) is 0 Å². The maximum atomic E-state index is 14.6. The van der Waals surface area contributed by atoms with E-state index >= 15 is 0 Å². The molecular weight excluding hydrogens is 409 g/mol. The second kappa shape index (κ2) is 7.79. The molecular formula is C21H16F5NO3. The van der Waals surface area contributed by atoms with Gasteiger partial charge < -0.3 is 4.74 Å². The second-order valence-corrected chi connectivity index (χ2v) is 7.32. The number of nitrogens with zero attached hydrogens (tertiary/aromatic N) is 1. The second-order valence-electron chi connectivity index (χ2n) is 7.32. The highest BCUT2D eigenvalue weighted by Gasteiger charge is 2.40. The molecule has 1 saturated heterocycles. The van der Waals surface area contributed by atoms with Crippen molar-refractivity contribution in [2.45, 2.75) is 37.6 Å². The van der Waals surface area contributed by atoms with Crippen LogP contribution in [0.15, 0.2) is 30.3 Å². The summed E-state index contributed by atoms with van der Waals surface area (Å²) in [5, 5.41) is 0. The van der Waals surface area contributed by atoms with E-state index in [1.165, 1.54) is 0 Å². The summed E-state index contributed by atoms with van der Waals surface area (Å²) in [5.41, 5.74) is -0.0567. The van der Waals surface area contributed by atoms with Gasteiger partial charge in [0.2, 0.25) is 0 Å². The Morgan fingerprint density at radius 3 is 2.23 bits per heavy atom. The number of carbonyl (C=O) groups is 2. The standard InChI is InChI=1S/C21H16F5NO3/c22-14(7-10-8-15(23)18(25)19(26)17(10)24)16-6-5-11(30-16)9-27-20(28)12-3-1-2-4-13(12)21(27)29/h1-4,8,11,14,16H,5-7,9H2. The van der Waals surface area contributed by atoms with Crippen LogP contribution in [0, 0.1) is 23.3 Å². The summed E-state index contributed by atoms with van der Waals surface area (Å²) in [5.74, 6) is -8.11. The lowest BCUT2D eigenvalue weighted by Gasteiger charge is -2.21.